The molecule has 0 bridgehead atoms. The molecule has 24 heavy (non-hydrogen) atoms. The average molecular weight is 345 g/mol. The second-order valence-corrected chi connectivity index (χ2v) is 8.34. The molecule has 0 saturated heterocycles. The monoisotopic (exact) mass is 345 g/mol. The van der Waals surface area contributed by atoms with Gasteiger partial charge in [-0.05, 0) is 17.5 Å². The Balaban J connectivity index is 2.16. The van der Waals surface area contributed by atoms with Gasteiger partial charge in [0.05, 0.1) is 11.8 Å². The van der Waals surface area contributed by atoms with Gasteiger partial charge in [0.25, 0.3) is 0 Å². The SMILES string of the molecule is C[C@@H](CS(C)(=O)=O)C(=O)N[C@@H](Cc1ccccc1)c1ccccc1. The van der Waals surface area contributed by atoms with Gasteiger partial charge in [-0.15, -0.1) is 0 Å². The summed E-state index contributed by atoms with van der Waals surface area (Å²) in [5.74, 6) is -0.974. The molecule has 0 radical (unpaired) electrons. The number of benzene rings is 2. The molecule has 1 N–H and O–H groups in total. The van der Waals surface area contributed by atoms with Crippen LogP contribution in [0.2, 0.25) is 0 Å². The van der Waals surface area contributed by atoms with Crippen LogP contribution < -0.4 is 5.32 Å². The predicted octanol–water partition coefficient (Wildman–Crippen LogP) is 2.77. The van der Waals surface area contributed by atoms with Gasteiger partial charge in [0.15, 0.2) is 0 Å². The van der Waals surface area contributed by atoms with Crippen molar-refractivity contribution < 1.29 is 13.2 Å². The van der Waals surface area contributed by atoms with Crippen molar-refractivity contribution in [2.45, 2.75) is 19.4 Å². The molecule has 5 heteroatoms. The van der Waals surface area contributed by atoms with Crippen molar-refractivity contribution in [2.75, 3.05) is 12.0 Å². The molecule has 0 fully saturated rings. The van der Waals surface area contributed by atoms with E-state index in [1.165, 1.54) is 0 Å². The van der Waals surface area contributed by atoms with Crippen molar-refractivity contribution in [3.8, 4) is 0 Å². The van der Waals surface area contributed by atoms with Crippen LogP contribution in [0.25, 0.3) is 0 Å². The van der Waals surface area contributed by atoms with Crippen LogP contribution in [-0.4, -0.2) is 26.3 Å². The average Bonchev–Trinajstić information content (AvgIpc) is 2.54. The molecule has 2 rings (SSSR count). The number of nitrogens with one attached hydrogen (secondary N) is 1. The minimum atomic E-state index is -3.19. The molecule has 2 aromatic rings. The number of sulfone groups is 1. The zero-order chi connectivity index (χ0) is 17.6. The number of rotatable bonds is 7. The smallest absolute Gasteiger partial charge is 0.224 e. The topological polar surface area (TPSA) is 63.2 Å². The lowest BCUT2D eigenvalue weighted by Gasteiger charge is -2.21. The van der Waals surface area contributed by atoms with E-state index in [0.717, 1.165) is 17.4 Å². The normalized spacial score (nSPS) is 13.9. The van der Waals surface area contributed by atoms with E-state index in [2.05, 4.69) is 5.32 Å². The third kappa shape index (κ3) is 5.81. The summed E-state index contributed by atoms with van der Waals surface area (Å²) < 4.78 is 22.8. The zero-order valence-corrected chi connectivity index (χ0v) is 14.8. The van der Waals surface area contributed by atoms with Gasteiger partial charge in [-0.1, -0.05) is 67.6 Å². The number of hydrogen-bond acceptors (Lipinski definition) is 3. The highest BCUT2D eigenvalue weighted by molar-refractivity contribution is 7.90. The maximum Gasteiger partial charge on any atom is 0.224 e. The van der Waals surface area contributed by atoms with E-state index in [0.29, 0.717) is 6.42 Å². The molecule has 0 aliphatic carbocycles. The zero-order valence-electron chi connectivity index (χ0n) is 14.0. The Kier molecular flexibility index (Phi) is 6.15. The van der Waals surface area contributed by atoms with Crippen LogP contribution in [0.15, 0.2) is 60.7 Å². The number of carbonyl (C=O) groups excluding carboxylic acids is 1. The van der Waals surface area contributed by atoms with Crippen molar-refractivity contribution in [3.05, 3.63) is 71.8 Å². The van der Waals surface area contributed by atoms with Gasteiger partial charge >= 0.3 is 0 Å². The van der Waals surface area contributed by atoms with Gasteiger partial charge in [-0.3, -0.25) is 4.79 Å². The summed E-state index contributed by atoms with van der Waals surface area (Å²) in [6, 6.07) is 19.4. The molecule has 128 valence electrons. The van der Waals surface area contributed by atoms with E-state index in [-0.39, 0.29) is 17.7 Å². The van der Waals surface area contributed by atoms with Crippen molar-refractivity contribution in [1.82, 2.24) is 5.32 Å². The maximum atomic E-state index is 12.4. The summed E-state index contributed by atoms with van der Waals surface area (Å²) in [4.78, 5) is 12.4. The van der Waals surface area contributed by atoms with Crippen LogP contribution in [0.4, 0.5) is 0 Å². The summed E-state index contributed by atoms with van der Waals surface area (Å²) >= 11 is 0. The van der Waals surface area contributed by atoms with Gasteiger partial charge in [-0.25, -0.2) is 8.42 Å². The summed E-state index contributed by atoms with van der Waals surface area (Å²) in [5.41, 5.74) is 2.11. The largest absolute Gasteiger partial charge is 0.349 e. The highest BCUT2D eigenvalue weighted by atomic mass is 32.2. The molecule has 0 saturated carbocycles. The third-order valence-electron chi connectivity index (χ3n) is 3.80. The fourth-order valence-corrected chi connectivity index (χ4v) is 3.69. The lowest BCUT2D eigenvalue weighted by Crippen LogP contribution is -2.36. The first-order valence-electron chi connectivity index (χ1n) is 7.92. The Morgan fingerprint density at radius 2 is 1.54 bits per heavy atom. The van der Waals surface area contributed by atoms with Gasteiger partial charge in [0.2, 0.25) is 5.91 Å². The highest BCUT2D eigenvalue weighted by Crippen LogP contribution is 2.19. The standard InChI is InChI=1S/C19H23NO3S/c1-15(14-24(2,22)23)19(21)20-18(17-11-7-4-8-12-17)13-16-9-5-3-6-10-16/h3-12,15,18H,13-14H2,1-2H3,(H,20,21)/t15-,18-/m0/s1. The molecule has 0 heterocycles. The molecule has 0 aliphatic heterocycles. The molecule has 0 aliphatic rings. The summed E-state index contributed by atoms with van der Waals surface area (Å²) in [6.07, 6.45) is 1.80. The Hall–Kier alpha value is -2.14. The van der Waals surface area contributed by atoms with E-state index in [9.17, 15) is 13.2 Å². The minimum absolute atomic E-state index is 0.147. The van der Waals surface area contributed by atoms with Crippen molar-refractivity contribution in [2.24, 2.45) is 5.92 Å². The van der Waals surface area contributed by atoms with E-state index in [1.54, 1.807) is 6.92 Å². The van der Waals surface area contributed by atoms with Crippen LogP contribution in [0.1, 0.15) is 24.1 Å². The van der Waals surface area contributed by atoms with Gasteiger partial charge in [-0.2, -0.15) is 0 Å². The Bertz CT molecular complexity index is 758. The number of hydrogen-bond donors (Lipinski definition) is 1. The van der Waals surface area contributed by atoms with Gasteiger partial charge in [0.1, 0.15) is 9.84 Å². The molecule has 1 amide bonds. The molecule has 0 unspecified atom stereocenters. The van der Waals surface area contributed by atoms with Crippen LogP contribution in [0.5, 0.6) is 0 Å². The van der Waals surface area contributed by atoms with Crippen LogP contribution in [0.3, 0.4) is 0 Å². The molecule has 2 aromatic carbocycles. The van der Waals surface area contributed by atoms with E-state index in [1.807, 2.05) is 60.7 Å². The first-order valence-corrected chi connectivity index (χ1v) is 9.98. The lowest BCUT2D eigenvalue weighted by atomic mass is 9.98. The molecular weight excluding hydrogens is 322 g/mol. The van der Waals surface area contributed by atoms with Crippen LogP contribution >= 0.6 is 0 Å². The summed E-state index contributed by atoms with van der Waals surface area (Å²) in [6.45, 7) is 1.64. The van der Waals surface area contributed by atoms with Crippen molar-refractivity contribution >= 4 is 15.7 Å². The second-order valence-electron chi connectivity index (χ2n) is 6.16. The van der Waals surface area contributed by atoms with E-state index < -0.39 is 15.8 Å². The van der Waals surface area contributed by atoms with Gasteiger partial charge < -0.3 is 5.32 Å². The van der Waals surface area contributed by atoms with Gasteiger partial charge in [0, 0.05) is 12.2 Å². The quantitative estimate of drug-likeness (QED) is 0.839. The third-order valence-corrected chi connectivity index (χ3v) is 4.91. The Morgan fingerprint density at radius 1 is 1.00 bits per heavy atom. The molecular formula is C19H23NO3S. The molecule has 2 atom stereocenters. The summed E-state index contributed by atoms with van der Waals surface area (Å²) in [5, 5.41) is 3.00. The Labute approximate surface area is 143 Å². The lowest BCUT2D eigenvalue weighted by molar-refractivity contribution is -0.124. The van der Waals surface area contributed by atoms with Crippen molar-refractivity contribution in [3.63, 3.8) is 0 Å². The first-order chi connectivity index (χ1) is 11.3. The number of amides is 1. The Morgan fingerprint density at radius 3 is 2.08 bits per heavy atom. The minimum Gasteiger partial charge on any atom is -0.349 e. The fourth-order valence-electron chi connectivity index (χ4n) is 2.63. The molecule has 0 aromatic heterocycles. The molecule has 0 spiro atoms. The first kappa shape index (κ1) is 18.2. The van der Waals surface area contributed by atoms with E-state index >= 15 is 0 Å². The fraction of sp³-hybridized carbons (Fsp3) is 0.316. The number of carbonyl (C=O) groups is 1. The maximum absolute atomic E-state index is 12.4. The van der Waals surface area contributed by atoms with Crippen LogP contribution in [0, 0.1) is 5.92 Å². The van der Waals surface area contributed by atoms with Crippen molar-refractivity contribution in [1.29, 1.82) is 0 Å². The van der Waals surface area contributed by atoms with Crippen LogP contribution in [-0.2, 0) is 21.1 Å². The highest BCUT2D eigenvalue weighted by Gasteiger charge is 2.22. The second kappa shape index (κ2) is 8.11. The van der Waals surface area contributed by atoms with E-state index in [4.69, 9.17) is 0 Å². The summed E-state index contributed by atoms with van der Waals surface area (Å²) in [7, 11) is -3.19. The predicted molar refractivity (Wildman–Crippen MR) is 96.3 cm³/mol. The molecule has 4 nitrogen and oxygen atoms in total.